The quantitative estimate of drug-likeness (QED) is 0.294. The van der Waals surface area contributed by atoms with Crippen LogP contribution < -0.4 is 0 Å². The molecule has 0 aliphatic carbocycles. The van der Waals surface area contributed by atoms with Gasteiger partial charge in [-0.05, 0) is 119 Å². The van der Waals surface area contributed by atoms with Gasteiger partial charge in [-0.3, -0.25) is 0 Å². The van der Waals surface area contributed by atoms with Crippen LogP contribution in [0.1, 0.15) is 113 Å². The number of aliphatic hydroxyl groups is 2. The van der Waals surface area contributed by atoms with Gasteiger partial charge in [0, 0.05) is 4.83 Å². The van der Waals surface area contributed by atoms with E-state index in [1.54, 1.807) is 13.8 Å². The lowest BCUT2D eigenvalue weighted by Gasteiger charge is -2.55. The standard InChI is InChI=1S/C30H51BrO6/c1-19(9-11-22(32)28(6)17-14-23(36-28)26(2,3)33)20-10-12-24-29(7,35-20)18-15-25(34-24)30(8)16-13-21(31)27(4,5)37-30/h9,20-25,32-33H,10-18H2,1-8H3/b19-9+/t20-,21-,22+,23-,24-,25-,28-,29-,30+/m1/s1. The molecule has 9 atom stereocenters. The van der Waals surface area contributed by atoms with Crippen molar-refractivity contribution in [3.63, 3.8) is 0 Å². The number of ether oxygens (including phenoxy) is 4. The fraction of sp³-hybridized carbons (Fsp3) is 0.933. The van der Waals surface area contributed by atoms with E-state index >= 15 is 0 Å². The van der Waals surface area contributed by atoms with Gasteiger partial charge >= 0.3 is 0 Å². The Kier molecular flexibility index (Phi) is 8.44. The van der Waals surface area contributed by atoms with Crippen LogP contribution in [0.25, 0.3) is 0 Å². The van der Waals surface area contributed by atoms with Crippen molar-refractivity contribution >= 4 is 15.9 Å². The predicted octanol–water partition coefficient (Wildman–Crippen LogP) is 5.99. The number of halogens is 1. The second-order valence-electron chi connectivity index (χ2n) is 14.0. The van der Waals surface area contributed by atoms with Crippen LogP contribution in [-0.2, 0) is 18.9 Å². The van der Waals surface area contributed by atoms with E-state index in [2.05, 4.69) is 56.6 Å². The summed E-state index contributed by atoms with van der Waals surface area (Å²) >= 11 is 3.80. The highest BCUT2D eigenvalue weighted by Gasteiger charge is 2.54. The molecule has 0 aromatic heterocycles. The Bertz CT molecular complexity index is 853. The molecule has 2 N–H and O–H groups in total. The molecular weight excluding hydrogens is 536 g/mol. The van der Waals surface area contributed by atoms with Crippen LogP contribution in [0.15, 0.2) is 11.6 Å². The van der Waals surface area contributed by atoms with Crippen LogP contribution >= 0.6 is 15.9 Å². The molecule has 0 spiro atoms. The van der Waals surface area contributed by atoms with E-state index in [1.807, 2.05) is 6.92 Å². The van der Waals surface area contributed by atoms with Gasteiger partial charge in [0.2, 0.25) is 0 Å². The molecule has 0 aromatic carbocycles. The average molecular weight is 588 g/mol. The normalized spacial score (nSPS) is 45.9. The van der Waals surface area contributed by atoms with Crippen LogP contribution in [0.2, 0.25) is 0 Å². The summed E-state index contributed by atoms with van der Waals surface area (Å²) in [5, 5.41) is 21.3. The summed E-state index contributed by atoms with van der Waals surface area (Å²) in [6, 6.07) is 0. The SMILES string of the molecule is C/C(=C\C[C@H](O)[C@@]1(C)CC[C@H](C(C)(C)O)O1)[C@H]1CC[C@H]2O[C@@H]([C@]3(C)CC[C@@H](Br)C(C)(C)O3)CC[C@@]2(C)O1. The molecular formula is C30H51BrO6. The predicted molar refractivity (Wildman–Crippen MR) is 149 cm³/mol. The van der Waals surface area contributed by atoms with Crippen LogP contribution in [0, 0.1) is 0 Å². The van der Waals surface area contributed by atoms with Gasteiger partial charge in [0.05, 0.1) is 58.5 Å². The molecule has 0 unspecified atom stereocenters. The zero-order valence-electron chi connectivity index (χ0n) is 24.3. The molecule has 0 bridgehead atoms. The highest BCUT2D eigenvalue weighted by molar-refractivity contribution is 9.09. The highest BCUT2D eigenvalue weighted by atomic mass is 79.9. The second-order valence-corrected chi connectivity index (χ2v) is 15.1. The molecule has 37 heavy (non-hydrogen) atoms. The average Bonchev–Trinajstić information content (AvgIpc) is 3.22. The molecule has 0 saturated carbocycles. The van der Waals surface area contributed by atoms with E-state index in [4.69, 9.17) is 18.9 Å². The lowest BCUT2D eigenvalue weighted by molar-refractivity contribution is -0.284. The van der Waals surface area contributed by atoms with Crippen LogP contribution in [-0.4, -0.2) is 73.6 Å². The summed E-state index contributed by atoms with van der Waals surface area (Å²) < 4.78 is 26.3. The molecule has 4 saturated heterocycles. The van der Waals surface area contributed by atoms with Crippen molar-refractivity contribution in [2.24, 2.45) is 0 Å². The third-order valence-corrected chi connectivity index (χ3v) is 11.4. The van der Waals surface area contributed by atoms with Gasteiger partial charge < -0.3 is 29.2 Å². The third-order valence-electron chi connectivity index (χ3n) is 9.82. The van der Waals surface area contributed by atoms with Crippen molar-refractivity contribution in [2.75, 3.05) is 0 Å². The van der Waals surface area contributed by atoms with Crippen molar-refractivity contribution in [3.05, 3.63) is 11.6 Å². The lowest BCUT2D eigenvalue weighted by atomic mass is 9.76. The van der Waals surface area contributed by atoms with E-state index in [9.17, 15) is 10.2 Å². The second kappa shape index (κ2) is 10.4. The van der Waals surface area contributed by atoms with Gasteiger partial charge in [0.15, 0.2) is 0 Å². The van der Waals surface area contributed by atoms with E-state index < -0.39 is 17.3 Å². The Morgan fingerprint density at radius 3 is 2.22 bits per heavy atom. The van der Waals surface area contributed by atoms with E-state index in [0.29, 0.717) is 11.2 Å². The maximum atomic E-state index is 11.0. The van der Waals surface area contributed by atoms with Gasteiger partial charge in [-0.25, -0.2) is 0 Å². The Morgan fingerprint density at radius 2 is 1.59 bits per heavy atom. The number of hydrogen-bond acceptors (Lipinski definition) is 6. The molecule has 4 rings (SSSR count). The minimum Gasteiger partial charge on any atom is -0.390 e. The van der Waals surface area contributed by atoms with Crippen molar-refractivity contribution in [3.8, 4) is 0 Å². The van der Waals surface area contributed by atoms with Crippen LogP contribution in [0.5, 0.6) is 0 Å². The van der Waals surface area contributed by atoms with Gasteiger partial charge in [-0.1, -0.05) is 22.0 Å². The Balaban J connectivity index is 1.34. The number of hydrogen-bond donors (Lipinski definition) is 2. The molecule has 0 amide bonds. The van der Waals surface area contributed by atoms with Crippen molar-refractivity contribution < 1.29 is 29.2 Å². The van der Waals surface area contributed by atoms with Crippen LogP contribution in [0.4, 0.5) is 0 Å². The monoisotopic (exact) mass is 586 g/mol. The van der Waals surface area contributed by atoms with Crippen LogP contribution in [0.3, 0.4) is 0 Å². The molecule has 4 aliphatic heterocycles. The van der Waals surface area contributed by atoms with E-state index in [-0.39, 0.29) is 41.2 Å². The number of aliphatic hydroxyl groups excluding tert-OH is 1. The summed E-state index contributed by atoms with van der Waals surface area (Å²) in [6.45, 7) is 16.4. The first kappa shape index (κ1) is 30.0. The zero-order chi connectivity index (χ0) is 27.4. The zero-order valence-corrected chi connectivity index (χ0v) is 25.9. The van der Waals surface area contributed by atoms with Gasteiger partial charge in [-0.15, -0.1) is 0 Å². The molecule has 6 nitrogen and oxygen atoms in total. The maximum Gasteiger partial charge on any atom is 0.0924 e. The van der Waals surface area contributed by atoms with E-state index in [0.717, 1.165) is 56.9 Å². The summed E-state index contributed by atoms with van der Waals surface area (Å²) in [4.78, 5) is 0.361. The summed E-state index contributed by atoms with van der Waals surface area (Å²) in [5.74, 6) is 0. The Morgan fingerprint density at radius 1 is 0.946 bits per heavy atom. The third kappa shape index (κ3) is 6.18. The Labute approximate surface area is 233 Å². The fourth-order valence-corrected chi connectivity index (χ4v) is 7.26. The molecule has 214 valence electrons. The van der Waals surface area contributed by atoms with Gasteiger partial charge in [-0.2, -0.15) is 0 Å². The van der Waals surface area contributed by atoms with Crippen molar-refractivity contribution in [2.45, 2.75) is 177 Å². The molecule has 4 fully saturated rings. The Hall–Kier alpha value is -0.0200. The minimum absolute atomic E-state index is 0.0321. The van der Waals surface area contributed by atoms with E-state index in [1.165, 1.54) is 0 Å². The lowest BCUT2D eigenvalue weighted by Crippen LogP contribution is -2.62. The minimum atomic E-state index is -0.903. The fourth-order valence-electron chi connectivity index (χ4n) is 6.94. The topological polar surface area (TPSA) is 77.4 Å². The largest absolute Gasteiger partial charge is 0.390 e. The first-order chi connectivity index (χ1) is 17.0. The van der Waals surface area contributed by atoms with Crippen molar-refractivity contribution in [1.29, 1.82) is 0 Å². The number of fused-ring (bicyclic) bond motifs is 1. The summed E-state index contributed by atoms with van der Waals surface area (Å²) in [7, 11) is 0. The maximum absolute atomic E-state index is 11.0. The van der Waals surface area contributed by atoms with Gasteiger partial charge in [0.1, 0.15) is 0 Å². The molecule has 0 radical (unpaired) electrons. The summed E-state index contributed by atoms with van der Waals surface area (Å²) in [5.41, 5.74) is -1.19. The molecule has 4 heterocycles. The number of alkyl halides is 1. The molecule has 7 heteroatoms. The highest BCUT2D eigenvalue weighted by Crippen LogP contribution is 2.48. The van der Waals surface area contributed by atoms with Gasteiger partial charge in [0.25, 0.3) is 0 Å². The number of rotatable bonds is 6. The smallest absolute Gasteiger partial charge is 0.0924 e. The van der Waals surface area contributed by atoms with Crippen molar-refractivity contribution in [1.82, 2.24) is 0 Å². The molecule has 0 aromatic rings. The first-order valence-corrected chi connectivity index (χ1v) is 15.3. The summed E-state index contributed by atoms with van der Waals surface area (Å²) in [6.07, 6.45) is 9.26. The first-order valence-electron chi connectivity index (χ1n) is 14.4. The molecule has 4 aliphatic rings.